The van der Waals surface area contributed by atoms with Gasteiger partial charge in [-0.1, -0.05) is 60.7 Å². The first-order chi connectivity index (χ1) is 17.1. The highest BCUT2D eigenvalue weighted by Crippen LogP contribution is 2.26. The van der Waals surface area contributed by atoms with Crippen molar-refractivity contribution in [2.75, 3.05) is 18.5 Å². The summed E-state index contributed by atoms with van der Waals surface area (Å²) in [5.74, 6) is 0.173. The number of benzene rings is 2. The van der Waals surface area contributed by atoms with E-state index in [0.29, 0.717) is 25.4 Å². The number of nitrogens with zero attached hydrogens (tertiary/aromatic N) is 1. The van der Waals surface area contributed by atoms with Gasteiger partial charge < -0.3 is 19.7 Å². The Labute approximate surface area is 224 Å². The Morgan fingerprint density at radius 1 is 0.972 bits per heavy atom. The Hall–Kier alpha value is -2.54. The molecule has 198 valence electrons. The van der Waals surface area contributed by atoms with Gasteiger partial charge >= 0.3 is 12.0 Å². The second-order valence-electron chi connectivity index (χ2n) is 9.66. The number of aryl methyl sites for hydroxylation is 2. The summed E-state index contributed by atoms with van der Waals surface area (Å²) in [6, 6.07) is 11.4. The molecule has 0 unspecified atom stereocenters. The smallest absolute Gasteiger partial charge is 0.349 e. The molecule has 0 radical (unpaired) electrons. The van der Waals surface area contributed by atoms with Crippen molar-refractivity contribution in [3.8, 4) is 5.75 Å². The highest BCUT2D eigenvalue weighted by Gasteiger charge is 2.31. The summed E-state index contributed by atoms with van der Waals surface area (Å²) >= 11 is 3.52. The van der Waals surface area contributed by atoms with E-state index in [4.69, 9.17) is 9.47 Å². The third-order valence-electron chi connectivity index (χ3n) is 5.99. The van der Waals surface area contributed by atoms with E-state index >= 15 is 0 Å². The molecule has 0 aromatic heterocycles. The van der Waals surface area contributed by atoms with Crippen LogP contribution in [-0.2, 0) is 16.1 Å². The monoisotopic (exact) mass is 560 g/mol. The van der Waals surface area contributed by atoms with E-state index in [1.165, 1.54) is 19.3 Å². The molecule has 0 spiro atoms. The van der Waals surface area contributed by atoms with Gasteiger partial charge in [0.25, 0.3) is 0 Å². The SMILES string of the molecule is CCCCCCCN(Cc1ccc(OC(C)(C)C(=O)OCC)cc1)C(=O)Nc1c(C)cc(Br)cc1C. The lowest BCUT2D eigenvalue weighted by atomic mass is 10.1. The van der Waals surface area contributed by atoms with Crippen molar-refractivity contribution in [3.63, 3.8) is 0 Å². The molecule has 6 nitrogen and oxygen atoms in total. The van der Waals surface area contributed by atoms with E-state index in [1.807, 2.05) is 55.1 Å². The maximum atomic E-state index is 13.3. The van der Waals surface area contributed by atoms with Gasteiger partial charge in [-0.2, -0.15) is 0 Å². The summed E-state index contributed by atoms with van der Waals surface area (Å²) in [5.41, 5.74) is 2.79. The molecule has 0 saturated carbocycles. The number of esters is 1. The van der Waals surface area contributed by atoms with Crippen molar-refractivity contribution in [1.29, 1.82) is 0 Å². The largest absolute Gasteiger partial charge is 0.476 e. The van der Waals surface area contributed by atoms with Gasteiger partial charge in [0.05, 0.1) is 6.61 Å². The second kappa shape index (κ2) is 14.3. The van der Waals surface area contributed by atoms with Crippen LogP contribution in [-0.4, -0.2) is 35.7 Å². The van der Waals surface area contributed by atoms with Gasteiger partial charge in [-0.15, -0.1) is 0 Å². The standard InChI is InChI=1S/C29H41BrN2O4/c1-7-9-10-11-12-17-32(28(34)31-26-21(3)18-24(30)19-22(26)4)20-23-13-15-25(16-14-23)36-29(5,6)27(33)35-8-2/h13-16,18-19H,7-12,17,20H2,1-6H3,(H,31,34). The second-order valence-corrected chi connectivity index (χ2v) is 10.6. The Morgan fingerprint density at radius 2 is 1.58 bits per heavy atom. The van der Waals surface area contributed by atoms with Crippen molar-refractivity contribution in [2.24, 2.45) is 0 Å². The molecule has 36 heavy (non-hydrogen) atoms. The van der Waals surface area contributed by atoms with Crippen molar-refractivity contribution < 1.29 is 19.1 Å². The number of anilines is 1. The summed E-state index contributed by atoms with van der Waals surface area (Å²) in [4.78, 5) is 27.3. The van der Waals surface area contributed by atoms with E-state index in [1.54, 1.807) is 20.8 Å². The van der Waals surface area contributed by atoms with Crippen LogP contribution in [0.5, 0.6) is 5.75 Å². The number of hydrogen-bond acceptors (Lipinski definition) is 4. The summed E-state index contributed by atoms with van der Waals surface area (Å²) in [6.07, 6.45) is 5.64. The van der Waals surface area contributed by atoms with Crippen LogP contribution in [0.1, 0.15) is 76.5 Å². The van der Waals surface area contributed by atoms with Gasteiger partial charge in [-0.25, -0.2) is 9.59 Å². The van der Waals surface area contributed by atoms with Gasteiger partial charge in [-0.05, 0) is 82.0 Å². The third kappa shape index (κ3) is 9.16. The quantitative estimate of drug-likeness (QED) is 0.200. The highest BCUT2D eigenvalue weighted by atomic mass is 79.9. The van der Waals surface area contributed by atoms with Gasteiger partial charge in [0.1, 0.15) is 5.75 Å². The Kier molecular flexibility index (Phi) is 11.8. The summed E-state index contributed by atoms with van der Waals surface area (Å²) in [7, 11) is 0. The fourth-order valence-electron chi connectivity index (χ4n) is 3.98. The van der Waals surface area contributed by atoms with Crippen LogP contribution in [0.3, 0.4) is 0 Å². The Balaban J connectivity index is 2.12. The molecule has 2 aromatic rings. The molecule has 0 fully saturated rings. The molecule has 2 amide bonds. The fourth-order valence-corrected chi connectivity index (χ4v) is 4.66. The van der Waals surface area contributed by atoms with E-state index in [9.17, 15) is 9.59 Å². The zero-order valence-corrected chi connectivity index (χ0v) is 24.2. The van der Waals surface area contributed by atoms with Crippen LogP contribution in [0.2, 0.25) is 0 Å². The lowest BCUT2D eigenvalue weighted by Gasteiger charge is -2.26. The van der Waals surface area contributed by atoms with Gasteiger partial charge in [-0.3, -0.25) is 0 Å². The zero-order chi connectivity index (χ0) is 26.7. The fraction of sp³-hybridized carbons (Fsp3) is 0.517. The average molecular weight is 562 g/mol. The lowest BCUT2D eigenvalue weighted by molar-refractivity contribution is -0.158. The molecule has 7 heteroatoms. The molecule has 0 aliphatic carbocycles. The van der Waals surface area contributed by atoms with Crippen LogP contribution < -0.4 is 10.1 Å². The number of hydrogen-bond donors (Lipinski definition) is 1. The Morgan fingerprint density at radius 3 is 2.17 bits per heavy atom. The molecule has 0 atom stereocenters. The molecular weight excluding hydrogens is 520 g/mol. The molecule has 0 aliphatic rings. The predicted molar refractivity (Wildman–Crippen MR) is 150 cm³/mol. The van der Waals surface area contributed by atoms with Crippen molar-refractivity contribution >= 4 is 33.6 Å². The third-order valence-corrected chi connectivity index (χ3v) is 6.44. The molecule has 0 bridgehead atoms. The van der Waals surface area contributed by atoms with Gasteiger partial charge in [0.15, 0.2) is 5.60 Å². The summed E-state index contributed by atoms with van der Waals surface area (Å²) in [5, 5.41) is 3.14. The first-order valence-electron chi connectivity index (χ1n) is 12.8. The predicted octanol–water partition coefficient (Wildman–Crippen LogP) is 7.79. The van der Waals surface area contributed by atoms with E-state index in [-0.39, 0.29) is 6.03 Å². The number of nitrogens with one attached hydrogen (secondary N) is 1. The minimum atomic E-state index is -1.08. The minimum Gasteiger partial charge on any atom is -0.476 e. The van der Waals surface area contributed by atoms with Crippen LogP contribution in [0.25, 0.3) is 0 Å². The van der Waals surface area contributed by atoms with Crippen LogP contribution >= 0.6 is 15.9 Å². The average Bonchev–Trinajstić information content (AvgIpc) is 2.81. The minimum absolute atomic E-state index is 0.109. The van der Waals surface area contributed by atoms with Crippen LogP contribution in [0.4, 0.5) is 10.5 Å². The number of rotatable bonds is 13. The number of halogens is 1. The number of unbranched alkanes of at least 4 members (excludes halogenated alkanes) is 4. The first-order valence-corrected chi connectivity index (χ1v) is 13.6. The van der Waals surface area contributed by atoms with Crippen LogP contribution in [0, 0.1) is 13.8 Å². The van der Waals surface area contributed by atoms with Crippen molar-refractivity contribution in [2.45, 2.75) is 85.8 Å². The molecule has 0 saturated heterocycles. The molecule has 0 aliphatic heterocycles. The topological polar surface area (TPSA) is 67.9 Å². The normalized spacial score (nSPS) is 11.2. The van der Waals surface area contributed by atoms with E-state index in [2.05, 4.69) is 28.2 Å². The molecule has 2 rings (SSSR count). The van der Waals surface area contributed by atoms with Crippen LogP contribution in [0.15, 0.2) is 40.9 Å². The lowest BCUT2D eigenvalue weighted by Crippen LogP contribution is -2.39. The van der Waals surface area contributed by atoms with Crippen molar-refractivity contribution in [3.05, 3.63) is 57.6 Å². The summed E-state index contributed by atoms with van der Waals surface area (Å²) < 4.78 is 12.0. The summed E-state index contributed by atoms with van der Waals surface area (Å²) in [6.45, 7) is 12.8. The van der Waals surface area contributed by atoms with Crippen molar-refractivity contribution in [1.82, 2.24) is 4.90 Å². The van der Waals surface area contributed by atoms with E-state index < -0.39 is 11.6 Å². The molecule has 2 aromatic carbocycles. The molecule has 0 heterocycles. The zero-order valence-electron chi connectivity index (χ0n) is 22.6. The van der Waals surface area contributed by atoms with Gasteiger partial charge in [0, 0.05) is 23.2 Å². The number of carbonyl (C=O) groups excluding carboxylic acids is 2. The van der Waals surface area contributed by atoms with Gasteiger partial charge in [0.2, 0.25) is 0 Å². The number of carbonyl (C=O) groups is 2. The first kappa shape index (κ1) is 29.7. The number of urea groups is 1. The molecular formula is C29H41BrN2O4. The Bertz CT molecular complexity index is 982. The maximum Gasteiger partial charge on any atom is 0.349 e. The number of amides is 2. The molecule has 1 N–H and O–H groups in total. The number of ether oxygens (including phenoxy) is 2. The van der Waals surface area contributed by atoms with E-state index in [0.717, 1.165) is 39.7 Å². The maximum absolute atomic E-state index is 13.3. The highest BCUT2D eigenvalue weighted by molar-refractivity contribution is 9.10.